The smallest absolute Gasteiger partial charge is 0.256 e. The van der Waals surface area contributed by atoms with E-state index in [9.17, 15) is 28.2 Å². The summed E-state index contributed by atoms with van der Waals surface area (Å²) in [4.78, 5) is 14.0. The molecular weight excluding hydrogens is 349 g/mol. The van der Waals surface area contributed by atoms with Crippen molar-refractivity contribution in [2.75, 3.05) is 13.1 Å². The molecule has 1 saturated heterocycles. The van der Waals surface area contributed by atoms with Crippen LogP contribution in [0.1, 0.15) is 18.9 Å². The fraction of sp³-hybridized carbons (Fsp3) is 0.611. The highest BCUT2D eigenvalue weighted by Gasteiger charge is 2.50. The van der Waals surface area contributed by atoms with Gasteiger partial charge in [0.25, 0.3) is 6.43 Å². The molecule has 0 aliphatic carbocycles. The first-order chi connectivity index (χ1) is 12.4. The zero-order valence-corrected chi connectivity index (χ0v) is 14.6. The van der Waals surface area contributed by atoms with Crippen LogP contribution in [-0.4, -0.2) is 71.0 Å². The predicted molar refractivity (Wildman–Crippen MR) is 90.6 cm³/mol. The van der Waals surface area contributed by atoms with E-state index in [1.165, 1.54) is 4.90 Å². The Bertz CT molecular complexity index is 576. The minimum atomic E-state index is -3.03. The predicted octanol–water partition coefficient (Wildman–Crippen LogP) is 1.13. The number of hydrogen-bond acceptors (Lipinski definition) is 4. The fourth-order valence-corrected chi connectivity index (χ4v) is 3.16. The molecule has 0 radical (unpaired) electrons. The SMILES string of the molecule is CCN(CCCc1ccccc1)C(=O)[C@H]1N[C@H](C(F)F)[C@@H](O)[C@H](O)[C@@H]1F. The van der Waals surface area contributed by atoms with E-state index in [4.69, 9.17) is 0 Å². The maximum atomic E-state index is 14.3. The number of carbonyl (C=O) groups excluding carboxylic acids is 1. The minimum Gasteiger partial charge on any atom is -0.388 e. The van der Waals surface area contributed by atoms with Crippen LogP contribution in [0.4, 0.5) is 13.2 Å². The van der Waals surface area contributed by atoms with Gasteiger partial charge in [-0.3, -0.25) is 10.1 Å². The lowest BCUT2D eigenvalue weighted by molar-refractivity contribution is -0.150. The summed E-state index contributed by atoms with van der Waals surface area (Å²) >= 11 is 0. The first kappa shape index (κ1) is 20.7. The van der Waals surface area contributed by atoms with Gasteiger partial charge in [-0.05, 0) is 25.3 Å². The van der Waals surface area contributed by atoms with Gasteiger partial charge in [0, 0.05) is 13.1 Å². The number of likely N-dealkylation sites (N-methyl/N-ethyl adjacent to an activating group) is 1. The largest absolute Gasteiger partial charge is 0.388 e. The van der Waals surface area contributed by atoms with Gasteiger partial charge >= 0.3 is 0 Å². The number of nitrogens with zero attached hydrogens (tertiary/aromatic N) is 1. The van der Waals surface area contributed by atoms with E-state index >= 15 is 0 Å². The van der Waals surface area contributed by atoms with E-state index < -0.39 is 42.8 Å². The lowest BCUT2D eigenvalue weighted by atomic mass is 9.90. The molecule has 0 unspecified atom stereocenters. The number of nitrogens with one attached hydrogen (secondary N) is 1. The molecule has 0 aromatic heterocycles. The Kier molecular flexibility index (Phi) is 7.43. The summed E-state index contributed by atoms with van der Waals surface area (Å²) in [6, 6.07) is 6.19. The molecule has 1 aromatic carbocycles. The van der Waals surface area contributed by atoms with E-state index in [1.807, 2.05) is 30.3 Å². The molecule has 2 rings (SSSR count). The summed E-state index contributed by atoms with van der Waals surface area (Å²) in [5.41, 5.74) is 1.10. The van der Waals surface area contributed by atoms with Crippen molar-refractivity contribution < 1.29 is 28.2 Å². The lowest BCUT2D eigenvalue weighted by Gasteiger charge is -2.40. The molecular formula is C18H25F3N2O3. The van der Waals surface area contributed by atoms with E-state index in [1.54, 1.807) is 6.92 Å². The van der Waals surface area contributed by atoms with Gasteiger partial charge in [-0.25, -0.2) is 13.2 Å². The second-order valence-corrected chi connectivity index (χ2v) is 6.44. The number of amides is 1. The van der Waals surface area contributed by atoms with Crippen LogP contribution in [0.5, 0.6) is 0 Å². The molecule has 0 saturated carbocycles. The van der Waals surface area contributed by atoms with Crippen LogP contribution >= 0.6 is 0 Å². The minimum absolute atomic E-state index is 0.288. The first-order valence-electron chi connectivity index (χ1n) is 8.74. The highest BCUT2D eigenvalue weighted by Crippen LogP contribution is 2.23. The number of aliphatic hydroxyl groups is 2. The lowest BCUT2D eigenvalue weighted by Crippen LogP contribution is -2.69. The molecule has 8 heteroatoms. The number of rotatable bonds is 7. The number of aryl methyl sites for hydroxylation is 1. The number of hydrogen-bond donors (Lipinski definition) is 3. The van der Waals surface area contributed by atoms with Gasteiger partial charge in [-0.2, -0.15) is 0 Å². The third-order valence-electron chi connectivity index (χ3n) is 4.70. The molecule has 0 bridgehead atoms. The number of aliphatic hydroxyl groups excluding tert-OH is 2. The summed E-state index contributed by atoms with van der Waals surface area (Å²) < 4.78 is 40.3. The molecule has 0 spiro atoms. The molecule has 1 aliphatic rings. The normalized spacial score (nSPS) is 29.0. The van der Waals surface area contributed by atoms with E-state index in [2.05, 4.69) is 5.32 Å². The van der Waals surface area contributed by atoms with Crippen LogP contribution in [-0.2, 0) is 11.2 Å². The Morgan fingerprint density at radius 1 is 1.23 bits per heavy atom. The van der Waals surface area contributed by atoms with E-state index in [0.29, 0.717) is 13.0 Å². The van der Waals surface area contributed by atoms with Crippen molar-refractivity contribution >= 4 is 5.91 Å². The summed E-state index contributed by atoms with van der Waals surface area (Å²) in [6.07, 6.45) is -7.83. The van der Waals surface area contributed by atoms with Crippen molar-refractivity contribution in [1.29, 1.82) is 0 Å². The van der Waals surface area contributed by atoms with Crippen molar-refractivity contribution in [2.45, 2.75) is 56.7 Å². The zero-order chi connectivity index (χ0) is 19.3. The van der Waals surface area contributed by atoms with Crippen LogP contribution in [0, 0.1) is 0 Å². The maximum Gasteiger partial charge on any atom is 0.256 e. The number of carbonyl (C=O) groups is 1. The van der Waals surface area contributed by atoms with Gasteiger partial charge in [0.05, 0.1) is 6.04 Å². The first-order valence-corrected chi connectivity index (χ1v) is 8.74. The molecule has 1 aliphatic heterocycles. The Labute approximate surface area is 150 Å². The van der Waals surface area contributed by atoms with Crippen molar-refractivity contribution in [1.82, 2.24) is 10.2 Å². The fourth-order valence-electron chi connectivity index (χ4n) is 3.16. The van der Waals surface area contributed by atoms with Crippen molar-refractivity contribution in [3.63, 3.8) is 0 Å². The quantitative estimate of drug-likeness (QED) is 0.669. The van der Waals surface area contributed by atoms with Gasteiger partial charge < -0.3 is 15.1 Å². The maximum absolute atomic E-state index is 14.3. The van der Waals surface area contributed by atoms with Gasteiger partial charge in [-0.1, -0.05) is 30.3 Å². The molecule has 5 atom stereocenters. The van der Waals surface area contributed by atoms with E-state index in [0.717, 1.165) is 12.0 Å². The Balaban J connectivity index is 1.99. The summed E-state index contributed by atoms with van der Waals surface area (Å²) in [7, 11) is 0. The highest BCUT2D eigenvalue weighted by atomic mass is 19.3. The summed E-state index contributed by atoms with van der Waals surface area (Å²) in [5.74, 6) is -0.690. The second-order valence-electron chi connectivity index (χ2n) is 6.44. The van der Waals surface area contributed by atoms with Gasteiger partial charge in [-0.15, -0.1) is 0 Å². The van der Waals surface area contributed by atoms with Gasteiger partial charge in [0.1, 0.15) is 18.2 Å². The van der Waals surface area contributed by atoms with Gasteiger partial charge in [0.15, 0.2) is 6.17 Å². The molecule has 5 nitrogen and oxygen atoms in total. The molecule has 1 amide bonds. The summed E-state index contributed by atoms with van der Waals surface area (Å²) in [6.45, 7) is 2.34. The topological polar surface area (TPSA) is 72.8 Å². The van der Waals surface area contributed by atoms with Crippen LogP contribution in [0.3, 0.4) is 0 Å². The van der Waals surface area contributed by atoms with Crippen LogP contribution in [0.2, 0.25) is 0 Å². The second kappa shape index (κ2) is 9.34. The molecule has 1 fully saturated rings. The third kappa shape index (κ3) is 4.75. The number of benzene rings is 1. The van der Waals surface area contributed by atoms with E-state index in [-0.39, 0.29) is 6.54 Å². The third-order valence-corrected chi connectivity index (χ3v) is 4.70. The number of piperidine rings is 1. The Morgan fingerprint density at radius 3 is 2.46 bits per heavy atom. The molecule has 26 heavy (non-hydrogen) atoms. The highest BCUT2D eigenvalue weighted by molar-refractivity contribution is 5.83. The van der Waals surface area contributed by atoms with Crippen molar-refractivity contribution in [3.05, 3.63) is 35.9 Å². The van der Waals surface area contributed by atoms with Crippen molar-refractivity contribution in [2.24, 2.45) is 0 Å². The average Bonchev–Trinajstić information content (AvgIpc) is 2.63. The molecule has 1 heterocycles. The van der Waals surface area contributed by atoms with Crippen LogP contribution in [0.15, 0.2) is 30.3 Å². The van der Waals surface area contributed by atoms with Gasteiger partial charge in [0.2, 0.25) is 5.91 Å². The number of halogens is 3. The Morgan fingerprint density at radius 2 is 1.88 bits per heavy atom. The average molecular weight is 374 g/mol. The van der Waals surface area contributed by atoms with Crippen LogP contribution < -0.4 is 5.32 Å². The monoisotopic (exact) mass is 374 g/mol. The molecule has 1 aromatic rings. The summed E-state index contributed by atoms with van der Waals surface area (Å²) in [5, 5.41) is 21.5. The Hall–Kier alpha value is -1.64. The van der Waals surface area contributed by atoms with Crippen LogP contribution in [0.25, 0.3) is 0 Å². The van der Waals surface area contributed by atoms with Crippen molar-refractivity contribution in [3.8, 4) is 0 Å². The molecule has 146 valence electrons. The standard InChI is InChI=1S/C18H25F3N2O3/c1-2-23(10-6-9-11-7-4-3-5-8-11)18(26)13-12(19)15(24)16(25)14(22-13)17(20)21/h3-5,7-8,12-17,22,24-25H,2,6,9-10H2,1H3/t12-,13+,14+,15-,16-/m1/s1. The molecule has 3 N–H and O–H groups in total. The number of alkyl halides is 3. The zero-order valence-electron chi connectivity index (χ0n) is 14.6.